The number of methoxy groups -OCH3 is 2. The highest BCUT2D eigenvalue weighted by Gasteiger charge is 2.29. The second-order valence-electron chi connectivity index (χ2n) is 8.60. The number of hydrogen-bond acceptors (Lipinski definition) is 9. The zero-order chi connectivity index (χ0) is 25.8. The topological polar surface area (TPSA) is 133 Å². The summed E-state index contributed by atoms with van der Waals surface area (Å²) in [5.74, 6) is 1.02. The number of amides is 1. The van der Waals surface area contributed by atoms with Crippen molar-refractivity contribution in [3.63, 3.8) is 0 Å². The highest BCUT2D eigenvalue weighted by molar-refractivity contribution is 5.77. The van der Waals surface area contributed by atoms with E-state index in [4.69, 9.17) is 13.9 Å². The number of ether oxygens (including phenoxy) is 2. The van der Waals surface area contributed by atoms with Gasteiger partial charge in [0.05, 0.1) is 14.2 Å². The lowest BCUT2D eigenvalue weighted by Gasteiger charge is -2.20. The predicted molar refractivity (Wildman–Crippen MR) is 131 cm³/mol. The fourth-order valence-electron chi connectivity index (χ4n) is 4.18. The lowest BCUT2D eigenvalue weighted by Crippen LogP contribution is -2.31. The van der Waals surface area contributed by atoms with E-state index in [9.17, 15) is 14.7 Å². The maximum absolute atomic E-state index is 13.1. The lowest BCUT2D eigenvalue weighted by atomic mass is 10.1. The van der Waals surface area contributed by atoms with E-state index in [1.54, 1.807) is 23.1 Å². The van der Waals surface area contributed by atoms with Crippen molar-refractivity contribution in [2.45, 2.75) is 46.0 Å². The molecule has 0 spiro atoms. The van der Waals surface area contributed by atoms with Crippen LogP contribution in [0.4, 0.5) is 0 Å². The van der Waals surface area contributed by atoms with Gasteiger partial charge in [-0.1, -0.05) is 18.9 Å². The Hall–Kier alpha value is -3.89. The molecule has 1 aliphatic carbocycles. The number of para-hydroxylation sites is 1. The van der Waals surface area contributed by atoms with Gasteiger partial charge in [0.15, 0.2) is 5.56 Å². The zero-order valence-electron chi connectivity index (χ0n) is 21.0. The van der Waals surface area contributed by atoms with Gasteiger partial charge in [-0.3, -0.25) is 14.2 Å². The SMILES string of the molecule is CCN(CC)C(=O)Cc1nnc(-c2c(O)n(-c3c(OC)cccc3OC)c(CCC3CC3)nc2=O)o1. The fraction of sp³-hybridized carbons (Fsp3) is 0.480. The summed E-state index contributed by atoms with van der Waals surface area (Å²) in [4.78, 5) is 31.5. The maximum Gasteiger partial charge on any atom is 0.289 e. The van der Waals surface area contributed by atoms with Crippen molar-refractivity contribution in [3.8, 4) is 34.5 Å². The second kappa shape index (κ2) is 10.8. The van der Waals surface area contributed by atoms with Crippen molar-refractivity contribution in [1.82, 2.24) is 24.6 Å². The molecule has 36 heavy (non-hydrogen) atoms. The van der Waals surface area contributed by atoms with Crippen LogP contribution in [0.5, 0.6) is 17.4 Å². The molecule has 1 amide bonds. The molecule has 11 heteroatoms. The van der Waals surface area contributed by atoms with Crippen LogP contribution in [0.25, 0.3) is 17.1 Å². The van der Waals surface area contributed by atoms with E-state index in [2.05, 4.69) is 15.2 Å². The summed E-state index contributed by atoms with van der Waals surface area (Å²) < 4.78 is 18.2. The molecule has 0 aliphatic heterocycles. The monoisotopic (exact) mass is 497 g/mol. The van der Waals surface area contributed by atoms with Gasteiger partial charge in [0.25, 0.3) is 11.4 Å². The molecule has 2 aromatic heterocycles. The zero-order valence-corrected chi connectivity index (χ0v) is 21.0. The van der Waals surface area contributed by atoms with Crippen molar-refractivity contribution >= 4 is 5.91 Å². The first-order valence-corrected chi connectivity index (χ1v) is 12.1. The number of aryl methyl sites for hydroxylation is 1. The van der Waals surface area contributed by atoms with E-state index in [1.807, 2.05) is 13.8 Å². The average molecular weight is 498 g/mol. The molecule has 1 N–H and O–H groups in total. The summed E-state index contributed by atoms with van der Waals surface area (Å²) >= 11 is 0. The Bertz CT molecular complexity index is 1270. The highest BCUT2D eigenvalue weighted by Crippen LogP contribution is 2.39. The van der Waals surface area contributed by atoms with Gasteiger partial charge < -0.3 is 23.9 Å². The minimum Gasteiger partial charge on any atom is -0.494 e. The molecule has 0 atom stereocenters. The molecule has 0 bridgehead atoms. The van der Waals surface area contributed by atoms with Crippen LogP contribution in [0.2, 0.25) is 0 Å². The van der Waals surface area contributed by atoms with Gasteiger partial charge in [0, 0.05) is 19.5 Å². The molecule has 2 heterocycles. The van der Waals surface area contributed by atoms with E-state index in [1.165, 1.54) is 18.8 Å². The number of aromatic nitrogens is 4. The molecule has 4 rings (SSSR count). The number of nitrogens with zero attached hydrogens (tertiary/aromatic N) is 5. The van der Waals surface area contributed by atoms with Gasteiger partial charge in [-0.05, 0) is 38.3 Å². The second-order valence-corrected chi connectivity index (χ2v) is 8.60. The Morgan fingerprint density at radius 3 is 2.42 bits per heavy atom. The molecule has 0 radical (unpaired) electrons. The molecule has 3 aromatic rings. The van der Waals surface area contributed by atoms with E-state index in [0.717, 1.165) is 19.3 Å². The first kappa shape index (κ1) is 25.2. The Morgan fingerprint density at radius 2 is 1.83 bits per heavy atom. The molecule has 0 unspecified atom stereocenters. The normalized spacial score (nSPS) is 13.0. The van der Waals surface area contributed by atoms with Gasteiger partial charge in [0.1, 0.15) is 29.4 Å². The van der Waals surface area contributed by atoms with E-state index < -0.39 is 11.4 Å². The van der Waals surface area contributed by atoms with E-state index in [-0.39, 0.29) is 29.7 Å². The van der Waals surface area contributed by atoms with Crippen molar-refractivity contribution < 1.29 is 23.8 Å². The number of carbonyl (C=O) groups excluding carboxylic acids is 1. The van der Waals surface area contributed by atoms with Gasteiger partial charge in [-0.2, -0.15) is 4.98 Å². The highest BCUT2D eigenvalue weighted by atomic mass is 16.5. The van der Waals surface area contributed by atoms with Crippen LogP contribution in [0.3, 0.4) is 0 Å². The summed E-state index contributed by atoms with van der Waals surface area (Å²) in [6.07, 6.45) is 3.48. The van der Waals surface area contributed by atoms with Crippen molar-refractivity contribution in [2.24, 2.45) is 5.92 Å². The summed E-state index contributed by atoms with van der Waals surface area (Å²) in [7, 11) is 3.01. The molecule has 1 fully saturated rings. The van der Waals surface area contributed by atoms with Crippen molar-refractivity contribution in [3.05, 3.63) is 40.3 Å². The predicted octanol–water partition coefficient (Wildman–Crippen LogP) is 2.76. The fourth-order valence-corrected chi connectivity index (χ4v) is 4.18. The molecule has 11 nitrogen and oxygen atoms in total. The molecule has 0 saturated heterocycles. The third-order valence-corrected chi connectivity index (χ3v) is 6.34. The quantitative estimate of drug-likeness (QED) is 0.424. The number of carbonyl (C=O) groups is 1. The van der Waals surface area contributed by atoms with Crippen molar-refractivity contribution in [1.29, 1.82) is 0 Å². The summed E-state index contributed by atoms with van der Waals surface area (Å²) in [5, 5.41) is 19.3. The average Bonchev–Trinajstić information content (AvgIpc) is 3.60. The van der Waals surface area contributed by atoms with Gasteiger partial charge in [-0.15, -0.1) is 10.2 Å². The number of aromatic hydroxyl groups is 1. The third kappa shape index (κ3) is 5.05. The van der Waals surface area contributed by atoms with Crippen molar-refractivity contribution in [2.75, 3.05) is 27.3 Å². The van der Waals surface area contributed by atoms with Crippen LogP contribution >= 0.6 is 0 Å². The summed E-state index contributed by atoms with van der Waals surface area (Å²) in [6, 6.07) is 5.21. The van der Waals surface area contributed by atoms with Gasteiger partial charge >= 0.3 is 0 Å². The lowest BCUT2D eigenvalue weighted by molar-refractivity contribution is -0.130. The van der Waals surface area contributed by atoms with Gasteiger partial charge in [0.2, 0.25) is 17.7 Å². The number of rotatable bonds is 11. The largest absolute Gasteiger partial charge is 0.494 e. The molecular formula is C25H31N5O6. The summed E-state index contributed by atoms with van der Waals surface area (Å²) in [5.41, 5.74) is -0.558. The van der Waals surface area contributed by atoms with Crippen LogP contribution in [0.1, 0.15) is 44.8 Å². The Kier molecular flexibility index (Phi) is 7.56. The Balaban J connectivity index is 1.82. The molecule has 1 aliphatic rings. The first-order chi connectivity index (χ1) is 17.4. The smallest absolute Gasteiger partial charge is 0.289 e. The van der Waals surface area contributed by atoms with Crippen LogP contribution in [-0.4, -0.2) is 63.0 Å². The maximum atomic E-state index is 13.1. The van der Waals surface area contributed by atoms with Crippen LogP contribution < -0.4 is 15.0 Å². The van der Waals surface area contributed by atoms with E-state index in [0.29, 0.717) is 48.4 Å². The standard InChI is InChI=1S/C25H31N5O6/c1-5-29(6-2)20(31)14-19-27-28-24(36-19)21-23(32)26-18(13-12-15-10-11-15)30(25(21)33)22-16(34-3)8-7-9-17(22)35-4/h7-9,15,33H,5-6,10-14H2,1-4H3. The molecule has 1 saturated carbocycles. The van der Waals surface area contributed by atoms with Crippen LogP contribution in [0.15, 0.2) is 27.4 Å². The third-order valence-electron chi connectivity index (χ3n) is 6.34. The van der Waals surface area contributed by atoms with Gasteiger partial charge in [-0.25, -0.2) is 0 Å². The number of benzene rings is 1. The van der Waals surface area contributed by atoms with E-state index >= 15 is 0 Å². The van der Waals surface area contributed by atoms with Crippen LogP contribution in [0, 0.1) is 5.92 Å². The first-order valence-electron chi connectivity index (χ1n) is 12.1. The minimum atomic E-state index is -0.700. The Morgan fingerprint density at radius 1 is 1.17 bits per heavy atom. The van der Waals surface area contributed by atoms with Crippen LogP contribution in [-0.2, 0) is 17.6 Å². The Labute approximate surface area is 208 Å². The number of hydrogen-bond donors (Lipinski definition) is 1. The molecular weight excluding hydrogens is 466 g/mol. The minimum absolute atomic E-state index is 0.0416. The molecule has 192 valence electrons. The number of likely N-dealkylation sites (N-methyl/N-ethyl adjacent to an activating group) is 1. The molecule has 1 aromatic carbocycles. The summed E-state index contributed by atoms with van der Waals surface area (Å²) in [6.45, 7) is 4.86.